The Morgan fingerprint density at radius 1 is 0.688 bits per heavy atom. The van der Waals surface area contributed by atoms with Gasteiger partial charge in [0.25, 0.3) is 0 Å². The summed E-state index contributed by atoms with van der Waals surface area (Å²) in [6.07, 6.45) is 0. The summed E-state index contributed by atoms with van der Waals surface area (Å²) in [4.78, 5) is 9.45. The molecule has 1 heterocycles. The van der Waals surface area contributed by atoms with Gasteiger partial charge in [0, 0.05) is 29.9 Å². The molecule has 0 aliphatic rings. The molecule has 0 atom stereocenters. The molecule has 174 valence electrons. The maximum Gasteiger partial charge on any atom is 0.221 e. The van der Waals surface area contributed by atoms with Crippen LogP contribution in [-0.4, -0.2) is 74.4 Å². The van der Waals surface area contributed by atoms with Gasteiger partial charge in [-0.25, -0.2) is 4.98 Å². The van der Waals surface area contributed by atoms with Crippen molar-refractivity contribution in [3.8, 4) is 17.4 Å². The van der Waals surface area contributed by atoms with Crippen LogP contribution in [0.15, 0.2) is 36.4 Å². The summed E-state index contributed by atoms with van der Waals surface area (Å²) >= 11 is 0. The Balaban J connectivity index is 1.80. The molecule has 0 spiro atoms. The van der Waals surface area contributed by atoms with Crippen molar-refractivity contribution in [3.05, 3.63) is 36.4 Å². The topological polar surface area (TPSA) is 47.1 Å². The highest BCUT2D eigenvalue weighted by Crippen LogP contribution is 2.34. The molecule has 0 fully saturated rings. The Labute approximate surface area is 192 Å². The zero-order valence-corrected chi connectivity index (χ0v) is 20.2. The molecule has 32 heavy (non-hydrogen) atoms. The summed E-state index contributed by atoms with van der Waals surface area (Å²) < 4.78 is 17.6. The molecule has 0 radical (unpaired) electrons. The number of benzene rings is 2. The molecule has 0 aliphatic carbocycles. The normalized spacial score (nSPS) is 11.6. The smallest absolute Gasteiger partial charge is 0.221 e. The van der Waals surface area contributed by atoms with Gasteiger partial charge in [-0.3, -0.25) is 0 Å². The van der Waals surface area contributed by atoms with Gasteiger partial charge < -0.3 is 24.0 Å². The third-order valence-electron chi connectivity index (χ3n) is 6.04. The highest BCUT2D eigenvalue weighted by molar-refractivity contribution is 6.08. The largest absolute Gasteiger partial charge is 0.492 e. The molecule has 0 N–H and O–H groups in total. The van der Waals surface area contributed by atoms with Gasteiger partial charge in [-0.05, 0) is 61.9 Å². The number of ether oxygens (including phenoxy) is 3. The maximum atomic E-state index is 6.01. The van der Waals surface area contributed by atoms with E-state index in [4.69, 9.17) is 19.2 Å². The summed E-state index contributed by atoms with van der Waals surface area (Å²) in [5.41, 5.74) is 0.866. The summed E-state index contributed by atoms with van der Waals surface area (Å²) in [6.45, 7) is 15.9. The maximum absolute atomic E-state index is 6.01. The molecule has 0 bridgehead atoms. The third kappa shape index (κ3) is 5.81. The fourth-order valence-electron chi connectivity index (χ4n) is 3.94. The van der Waals surface area contributed by atoms with E-state index in [0.717, 1.165) is 72.4 Å². The summed E-state index contributed by atoms with van der Waals surface area (Å²) in [5.74, 6) is 2.26. The molecule has 0 amide bonds. The Kier molecular flexibility index (Phi) is 8.94. The van der Waals surface area contributed by atoms with Crippen LogP contribution in [-0.2, 0) is 0 Å². The lowest BCUT2D eigenvalue weighted by Gasteiger charge is -2.18. The van der Waals surface area contributed by atoms with Crippen molar-refractivity contribution in [3.63, 3.8) is 0 Å². The van der Waals surface area contributed by atoms with E-state index in [2.05, 4.69) is 49.6 Å². The molecular formula is C26H37N3O3. The molecular weight excluding hydrogens is 402 g/mol. The second kappa shape index (κ2) is 11.9. The van der Waals surface area contributed by atoms with E-state index in [0.29, 0.717) is 19.1 Å². The van der Waals surface area contributed by atoms with Crippen LogP contribution in [0.25, 0.3) is 21.7 Å². The van der Waals surface area contributed by atoms with Gasteiger partial charge in [-0.2, -0.15) is 0 Å². The van der Waals surface area contributed by atoms with Gasteiger partial charge in [-0.1, -0.05) is 27.7 Å². The van der Waals surface area contributed by atoms with E-state index in [1.54, 1.807) is 7.11 Å². The summed E-state index contributed by atoms with van der Waals surface area (Å²) in [7, 11) is 1.66. The zero-order valence-electron chi connectivity index (χ0n) is 20.2. The van der Waals surface area contributed by atoms with Crippen LogP contribution in [0.3, 0.4) is 0 Å². The Morgan fingerprint density at radius 2 is 1.22 bits per heavy atom. The Hall–Kier alpha value is -2.57. The second-order valence-electron chi connectivity index (χ2n) is 7.76. The van der Waals surface area contributed by atoms with Crippen molar-refractivity contribution in [1.29, 1.82) is 0 Å². The first kappa shape index (κ1) is 24.1. The standard InChI is InChI=1S/C26H37N3O3/c1-6-28(7-2)14-16-31-20-10-12-22-23-13-11-21(32-17-15-29(8-3)9-4)19-25(23)27-26(30-5)24(22)18-20/h10-13,18-19H,6-9,14-17H2,1-5H3. The van der Waals surface area contributed by atoms with Gasteiger partial charge in [0.15, 0.2) is 0 Å². The van der Waals surface area contributed by atoms with Crippen molar-refractivity contribution >= 4 is 21.7 Å². The predicted octanol–water partition coefficient (Wildman–Crippen LogP) is 4.84. The number of aromatic nitrogens is 1. The van der Waals surface area contributed by atoms with Gasteiger partial charge in [0.1, 0.15) is 24.7 Å². The number of methoxy groups -OCH3 is 1. The van der Waals surface area contributed by atoms with E-state index in [1.165, 1.54) is 0 Å². The highest BCUT2D eigenvalue weighted by atomic mass is 16.5. The first-order valence-electron chi connectivity index (χ1n) is 11.7. The average molecular weight is 440 g/mol. The van der Waals surface area contributed by atoms with Gasteiger partial charge in [0.2, 0.25) is 5.88 Å². The summed E-state index contributed by atoms with van der Waals surface area (Å²) in [6, 6.07) is 12.2. The number of hydrogen-bond acceptors (Lipinski definition) is 6. The van der Waals surface area contributed by atoms with Crippen molar-refractivity contribution < 1.29 is 14.2 Å². The average Bonchev–Trinajstić information content (AvgIpc) is 2.83. The minimum Gasteiger partial charge on any atom is -0.492 e. The number of rotatable bonds is 13. The molecule has 6 nitrogen and oxygen atoms in total. The second-order valence-corrected chi connectivity index (χ2v) is 7.76. The fraction of sp³-hybridized carbons (Fsp3) is 0.500. The lowest BCUT2D eigenvalue weighted by atomic mass is 10.1. The van der Waals surface area contributed by atoms with Gasteiger partial charge >= 0.3 is 0 Å². The van der Waals surface area contributed by atoms with Crippen molar-refractivity contribution in [2.45, 2.75) is 27.7 Å². The molecule has 0 saturated heterocycles. The SMILES string of the molecule is CCN(CC)CCOc1ccc2c(c1)nc(OC)c1cc(OCCN(CC)CC)ccc12. The van der Waals surface area contributed by atoms with E-state index in [9.17, 15) is 0 Å². The van der Waals surface area contributed by atoms with Crippen molar-refractivity contribution in [2.75, 3.05) is 59.6 Å². The van der Waals surface area contributed by atoms with Gasteiger partial charge in [-0.15, -0.1) is 0 Å². The number of nitrogens with zero attached hydrogens (tertiary/aromatic N) is 3. The lowest BCUT2D eigenvalue weighted by molar-refractivity contribution is 0.223. The Morgan fingerprint density at radius 3 is 1.75 bits per heavy atom. The van der Waals surface area contributed by atoms with Crippen LogP contribution in [0.2, 0.25) is 0 Å². The van der Waals surface area contributed by atoms with Crippen LogP contribution in [0.1, 0.15) is 27.7 Å². The first-order valence-corrected chi connectivity index (χ1v) is 11.7. The lowest BCUT2D eigenvalue weighted by Crippen LogP contribution is -2.27. The van der Waals surface area contributed by atoms with Crippen LogP contribution >= 0.6 is 0 Å². The zero-order chi connectivity index (χ0) is 22.9. The van der Waals surface area contributed by atoms with Crippen LogP contribution in [0.4, 0.5) is 0 Å². The third-order valence-corrected chi connectivity index (χ3v) is 6.04. The number of fused-ring (bicyclic) bond motifs is 3. The molecule has 1 aromatic heterocycles. The van der Waals surface area contributed by atoms with E-state index >= 15 is 0 Å². The van der Waals surface area contributed by atoms with Gasteiger partial charge in [0.05, 0.1) is 12.6 Å². The molecule has 6 heteroatoms. The predicted molar refractivity (Wildman–Crippen MR) is 132 cm³/mol. The summed E-state index contributed by atoms with van der Waals surface area (Å²) in [5, 5.41) is 3.12. The van der Waals surface area contributed by atoms with E-state index < -0.39 is 0 Å². The first-order chi connectivity index (χ1) is 15.6. The monoisotopic (exact) mass is 439 g/mol. The molecule has 3 rings (SSSR count). The molecule has 0 saturated carbocycles. The van der Waals surface area contributed by atoms with E-state index in [1.807, 2.05) is 24.3 Å². The minimum absolute atomic E-state index is 0.599. The number of hydrogen-bond donors (Lipinski definition) is 0. The van der Waals surface area contributed by atoms with Crippen LogP contribution < -0.4 is 14.2 Å². The quantitative estimate of drug-likeness (QED) is 0.355. The molecule has 0 aliphatic heterocycles. The number of pyridine rings is 1. The Bertz CT molecular complexity index is 1000. The van der Waals surface area contributed by atoms with E-state index in [-0.39, 0.29) is 0 Å². The number of likely N-dealkylation sites (N-methyl/N-ethyl adjacent to an activating group) is 2. The fourth-order valence-corrected chi connectivity index (χ4v) is 3.94. The van der Waals surface area contributed by atoms with Crippen molar-refractivity contribution in [1.82, 2.24) is 14.8 Å². The van der Waals surface area contributed by atoms with Crippen molar-refractivity contribution in [2.24, 2.45) is 0 Å². The molecule has 2 aromatic carbocycles. The minimum atomic E-state index is 0.599. The van der Waals surface area contributed by atoms with Crippen LogP contribution in [0.5, 0.6) is 17.4 Å². The molecule has 0 unspecified atom stereocenters. The highest BCUT2D eigenvalue weighted by Gasteiger charge is 2.12. The van der Waals surface area contributed by atoms with Crippen LogP contribution in [0, 0.1) is 0 Å². The molecule has 3 aromatic rings.